The minimum absolute atomic E-state index is 0.0376. The zero-order chi connectivity index (χ0) is 17.3. The number of carbonyl (C=O) groups excluding carboxylic acids is 1. The van der Waals surface area contributed by atoms with Crippen LogP contribution in [0.15, 0.2) is 11.4 Å². The van der Waals surface area contributed by atoms with Gasteiger partial charge in [-0.2, -0.15) is 13.2 Å². The van der Waals surface area contributed by atoms with E-state index in [0.717, 1.165) is 40.9 Å². The minimum Gasteiger partial charge on any atom is -0.359 e. The standard InChI is InChI=1S/C16H15F3N2OS2/c1-20-15(22)10-3-2-4-11-14(10)21-13(24-11)6-5-9-7-12(23-8-9)16(17,18)19/h5-8,10H,2-4H2,1H3,(H,20,22)/b6-5+. The van der Waals surface area contributed by atoms with Crippen molar-refractivity contribution in [3.8, 4) is 0 Å². The fraction of sp³-hybridized carbons (Fsp3) is 0.375. The summed E-state index contributed by atoms with van der Waals surface area (Å²) in [4.78, 5) is 17.0. The van der Waals surface area contributed by atoms with Crippen LogP contribution in [0.25, 0.3) is 12.2 Å². The molecule has 24 heavy (non-hydrogen) atoms. The van der Waals surface area contributed by atoms with Gasteiger partial charge < -0.3 is 5.32 Å². The van der Waals surface area contributed by atoms with Crippen molar-refractivity contribution in [2.75, 3.05) is 7.05 Å². The summed E-state index contributed by atoms with van der Waals surface area (Å²) in [6.07, 6.45) is 1.65. The topological polar surface area (TPSA) is 42.0 Å². The molecule has 0 spiro atoms. The summed E-state index contributed by atoms with van der Waals surface area (Å²) in [6, 6.07) is 1.13. The molecule has 0 saturated carbocycles. The molecule has 128 valence electrons. The van der Waals surface area contributed by atoms with Gasteiger partial charge in [-0.15, -0.1) is 22.7 Å². The van der Waals surface area contributed by atoms with Crippen molar-refractivity contribution in [2.45, 2.75) is 31.4 Å². The Balaban J connectivity index is 1.80. The molecule has 3 rings (SSSR count). The van der Waals surface area contributed by atoms with Gasteiger partial charge in [-0.1, -0.05) is 6.08 Å². The van der Waals surface area contributed by atoms with Gasteiger partial charge in [-0.05, 0) is 42.3 Å². The number of likely N-dealkylation sites (N-methyl/N-ethyl adjacent to an activating group) is 1. The van der Waals surface area contributed by atoms with Crippen LogP contribution >= 0.6 is 22.7 Å². The molecule has 2 aromatic rings. The van der Waals surface area contributed by atoms with E-state index in [2.05, 4.69) is 10.3 Å². The Morgan fingerprint density at radius 1 is 1.42 bits per heavy atom. The number of amides is 1. The SMILES string of the molecule is CNC(=O)C1CCCc2sc(/C=C/c3csc(C(F)(F)F)c3)nc21. The first-order valence-corrected chi connectivity index (χ1v) is 9.13. The van der Waals surface area contributed by atoms with Crippen LogP contribution in [-0.4, -0.2) is 17.9 Å². The minimum atomic E-state index is -4.31. The van der Waals surface area contributed by atoms with Crippen molar-refractivity contribution in [3.63, 3.8) is 0 Å². The first kappa shape index (κ1) is 17.2. The zero-order valence-electron chi connectivity index (χ0n) is 12.8. The number of thiazole rings is 1. The third-order valence-electron chi connectivity index (χ3n) is 3.85. The first-order chi connectivity index (χ1) is 11.4. The van der Waals surface area contributed by atoms with Crippen molar-refractivity contribution < 1.29 is 18.0 Å². The monoisotopic (exact) mass is 372 g/mol. The normalized spacial score (nSPS) is 17.9. The molecule has 1 aliphatic carbocycles. The number of alkyl halides is 3. The van der Waals surface area contributed by atoms with Crippen molar-refractivity contribution >= 4 is 40.7 Å². The van der Waals surface area contributed by atoms with Crippen molar-refractivity contribution in [1.29, 1.82) is 0 Å². The summed E-state index contributed by atoms with van der Waals surface area (Å²) < 4.78 is 37.8. The van der Waals surface area contributed by atoms with E-state index >= 15 is 0 Å². The highest BCUT2D eigenvalue weighted by Crippen LogP contribution is 2.36. The van der Waals surface area contributed by atoms with E-state index in [1.54, 1.807) is 19.2 Å². The molecule has 2 heterocycles. The van der Waals surface area contributed by atoms with Crippen molar-refractivity contribution in [1.82, 2.24) is 10.3 Å². The molecule has 0 saturated heterocycles. The third-order valence-corrected chi connectivity index (χ3v) is 5.94. The summed E-state index contributed by atoms with van der Waals surface area (Å²) >= 11 is 2.18. The van der Waals surface area contributed by atoms with Crippen LogP contribution in [0, 0.1) is 0 Å². The van der Waals surface area contributed by atoms with E-state index in [1.165, 1.54) is 16.7 Å². The summed E-state index contributed by atoms with van der Waals surface area (Å²) in [5, 5.41) is 4.85. The molecule has 0 aliphatic heterocycles. The molecule has 3 nitrogen and oxygen atoms in total. The van der Waals surface area contributed by atoms with Crippen LogP contribution in [0.4, 0.5) is 13.2 Å². The van der Waals surface area contributed by atoms with E-state index in [9.17, 15) is 18.0 Å². The van der Waals surface area contributed by atoms with Gasteiger partial charge >= 0.3 is 6.18 Å². The maximum absolute atomic E-state index is 12.6. The molecule has 1 atom stereocenters. The highest BCUT2D eigenvalue weighted by Gasteiger charge is 2.32. The number of hydrogen-bond acceptors (Lipinski definition) is 4. The summed E-state index contributed by atoms with van der Waals surface area (Å²) in [6.45, 7) is 0. The Kier molecular flexibility index (Phi) is 4.78. The van der Waals surface area contributed by atoms with Gasteiger partial charge in [0.1, 0.15) is 9.88 Å². The van der Waals surface area contributed by atoms with E-state index in [-0.39, 0.29) is 11.8 Å². The number of aromatic nitrogens is 1. The molecule has 0 bridgehead atoms. The van der Waals surface area contributed by atoms with Crippen LogP contribution < -0.4 is 5.32 Å². The Labute approximate surface area is 145 Å². The Hall–Kier alpha value is -1.67. The lowest BCUT2D eigenvalue weighted by Crippen LogP contribution is -2.28. The summed E-state index contributed by atoms with van der Waals surface area (Å²) in [5.74, 6) is -0.264. The van der Waals surface area contributed by atoms with Gasteiger partial charge in [-0.25, -0.2) is 4.98 Å². The number of carbonyl (C=O) groups is 1. The Bertz CT molecular complexity index is 777. The van der Waals surface area contributed by atoms with Crippen LogP contribution in [0.2, 0.25) is 0 Å². The predicted molar refractivity (Wildman–Crippen MR) is 90.1 cm³/mol. The highest BCUT2D eigenvalue weighted by molar-refractivity contribution is 7.12. The number of thiophene rings is 1. The molecule has 0 aromatic carbocycles. The van der Waals surface area contributed by atoms with Gasteiger partial charge in [0, 0.05) is 11.9 Å². The largest absolute Gasteiger partial charge is 0.425 e. The molecular formula is C16H15F3N2OS2. The zero-order valence-corrected chi connectivity index (χ0v) is 14.4. The molecule has 0 fully saturated rings. The quantitative estimate of drug-likeness (QED) is 0.858. The molecule has 0 radical (unpaired) electrons. The molecule has 8 heteroatoms. The highest BCUT2D eigenvalue weighted by atomic mass is 32.1. The number of halogens is 3. The summed E-state index contributed by atoms with van der Waals surface area (Å²) in [5.41, 5.74) is 1.31. The van der Waals surface area contributed by atoms with Crippen molar-refractivity contribution in [2.24, 2.45) is 0 Å². The molecule has 1 N–H and O–H groups in total. The smallest absolute Gasteiger partial charge is 0.359 e. The van der Waals surface area contributed by atoms with E-state index in [4.69, 9.17) is 0 Å². The van der Waals surface area contributed by atoms with E-state index in [1.807, 2.05) is 0 Å². The fourth-order valence-corrected chi connectivity index (χ4v) is 4.51. The predicted octanol–water partition coefficient (Wildman–Crippen LogP) is 4.56. The maximum Gasteiger partial charge on any atom is 0.425 e. The number of rotatable bonds is 3. The number of hydrogen-bond donors (Lipinski definition) is 1. The lowest BCUT2D eigenvalue weighted by molar-refractivity contribution is -0.134. The average molecular weight is 372 g/mol. The van der Waals surface area contributed by atoms with Gasteiger partial charge in [0.25, 0.3) is 0 Å². The molecule has 1 unspecified atom stereocenters. The van der Waals surface area contributed by atoms with Crippen LogP contribution in [0.1, 0.15) is 44.8 Å². The molecule has 1 amide bonds. The number of aryl methyl sites for hydroxylation is 1. The lowest BCUT2D eigenvalue weighted by Gasteiger charge is -2.19. The molecule has 2 aromatic heterocycles. The number of nitrogens with one attached hydrogen (secondary N) is 1. The van der Waals surface area contributed by atoms with Gasteiger partial charge in [0.05, 0.1) is 11.6 Å². The molecule has 1 aliphatic rings. The van der Waals surface area contributed by atoms with E-state index in [0.29, 0.717) is 16.9 Å². The Morgan fingerprint density at radius 2 is 2.21 bits per heavy atom. The van der Waals surface area contributed by atoms with Crippen molar-refractivity contribution in [3.05, 3.63) is 37.5 Å². The second kappa shape index (κ2) is 6.68. The number of fused-ring (bicyclic) bond motifs is 1. The maximum atomic E-state index is 12.6. The van der Waals surface area contributed by atoms with Crippen LogP contribution in [0.3, 0.4) is 0 Å². The second-order valence-electron chi connectivity index (χ2n) is 5.49. The first-order valence-electron chi connectivity index (χ1n) is 7.43. The van der Waals surface area contributed by atoms with Gasteiger partial charge in [0.2, 0.25) is 5.91 Å². The summed E-state index contributed by atoms with van der Waals surface area (Å²) in [7, 11) is 1.61. The van der Waals surface area contributed by atoms with Crippen LogP contribution in [-0.2, 0) is 17.4 Å². The Morgan fingerprint density at radius 3 is 2.88 bits per heavy atom. The number of nitrogens with zero attached hydrogens (tertiary/aromatic N) is 1. The van der Waals surface area contributed by atoms with Gasteiger partial charge in [-0.3, -0.25) is 4.79 Å². The second-order valence-corrected chi connectivity index (χ2v) is 7.52. The lowest BCUT2D eigenvalue weighted by atomic mass is 9.90. The fourth-order valence-electron chi connectivity index (χ4n) is 2.69. The van der Waals surface area contributed by atoms with Crippen LogP contribution in [0.5, 0.6) is 0 Å². The average Bonchev–Trinajstić information content (AvgIpc) is 3.17. The van der Waals surface area contributed by atoms with E-state index < -0.39 is 11.1 Å². The molecular weight excluding hydrogens is 357 g/mol. The van der Waals surface area contributed by atoms with Gasteiger partial charge in [0.15, 0.2) is 0 Å². The third kappa shape index (κ3) is 3.54.